The van der Waals surface area contributed by atoms with Gasteiger partial charge in [-0.3, -0.25) is 15.1 Å². The van der Waals surface area contributed by atoms with Crippen molar-refractivity contribution < 1.29 is 0 Å². The number of anilines is 1. The zero-order valence-corrected chi connectivity index (χ0v) is 15.5. The Morgan fingerprint density at radius 2 is 1.93 bits per heavy atom. The lowest BCUT2D eigenvalue weighted by Gasteiger charge is -2.37. The molecule has 0 amide bonds. The van der Waals surface area contributed by atoms with Gasteiger partial charge >= 0.3 is 0 Å². The molecule has 8 nitrogen and oxygen atoms in total. The third-order valence-electron chi connectivity index (χ3n) is 5.39. The van der Waals surface area contributed by atoms with Crippen LogP contribution in [0.25, 0.3) is 44.5 Å². The second-order valence-corrected chi connectivity index (χ2v) is 7.41. The van der Waals surface area contributed by atoms with Crippen molar-refractivity contribution in [2.45, 2.75) is 6.04 Å². The minimum Gasteiger partial charge on any atom is -0.353 e. The first-order valence-corrected chi connectivity index (χ1v) is 9.49. The maximum Gasteiger partial charge on any atom is 0.147 e. The molecule has 142 valence electrons. The van der Waals surface area contributed by atoms with Crippen molar-refractivity contribution in [1.82, 2.24) is 30.1 Å². The van der Waals surface area contributed by atoms with Crippen molar-refractivity contribution in [3.63, 3.8) is 0 Å². The van der Waals surface area contributed by atoms with Crippen LogP contribution in [0.3, 0.4) is 0 Å². The zero-order chi connectivity index (χ0) is 19.4. The number of pyridine rings is 1. The summed E-state index contributed by atoms with van der Waals surface area (Å²) in [5.74, 6) is 0.861. The SMILES string of the molecule is NC1CN(c2cncc(-c3ccc4[nH]nc(-c5cc6cnccc6[nH]5)c4c3)n2)C1. The van der Waals surface area contributed by atoms with Gasteiger partial charge < -0.3 is 15.6 Å². The van der Waals surface area contributed by atoms with E-state index in [4.69, 9.17) is 10.7 Å². The molecule has 1 aliphatic heterocycles. The van der Waals surface area contributed by atoms with Gasteiger partial charge in [0.1, 0.15) is 11.5 Å². The number of rotatable bonds is 3. The molecule has 0 aliphatic carbocycles. The van der Waals surface area contributed by atoms with Gasteiger partial charge in [-0.2, -0.15) is 5.10 Å². The third kappa shape index (κ3) is 2.65. The lowest BCUT2D eigenvalue weighted by atomic mass is 10.1. The predicted octanol–water partition coefficient (Wildman–Crippen LogP) is 2.71. The third-order valence-corrected chi connectivity index (χ3v) is 5.39. The molecular formula is C21H18N8. The van der Waals surface area contributed by atoms with Crippen LogP contribution in [0, 0.1) is 0 Å². The van der Waals surface area contributed by atoms with E-state index in [-0.39, 0.29) is 6.04 Å². The van der Waals surface area contributed by atoms with Gasteiger partial charge in [0.25, 0.3) is 0 Å². The fourth-order valence-corrected chi connectivity index (χ4v) is 3.83. The van der Waals surface area contributed by atoms with Crippen molar-refractivity contribution in [3.8, 4) is 22.6 Å². The van der Waals surface area contributed by atoms with Gasteiger partial charge in [-0.15, -0.1) is 0 Å². The monoisotopic (exact) mass is 382 g/mol. The summed E-state index contributed by atoms with van der Waals surface area (Å²) in [6, 6.07) is 10.4. The lowest BCUT2D eigenvalue weighted by molar-refractivity contribution is 0.514. The number of nitrogens with zero attached hydrogens (tertiary/aromatic N) is 5. The number of aromatic nitrogens is 6. The Balaban J connectivity index is 1.43. The van der Waals surface area contributed by atoms with Gasteiger partial charge in [-0.25, -0.2) is 4.98 Å². The molecule has 0 bridgehead atoms. The molecule has 0 spiro atoms. The zero-order valence-electron chi connectivity index (χ0n) is 15.5. The molecule has 5 aromatic rings. The van der Waals surface area contributed by atoms with Crippen molar-refractivity contribution in [2.75, 3.05) is 18.0 Å². The smallest absolute Gasteiger partial charge is 0.147 e. The van der Waals surface area contributed by atoms with Crippen LogP contribution < -0.4 is 10.6 Å². The van der Waals surface area contributed by atoms with Gasteiger partial charge in [0, 0.05) is 53.4 Å². The number of benzene rings is 1. The Kier molecular flexibility index (Phi) is 3.41. The summed E-state index contributed by atoms with van der Waals surface area (Å²) in [6.45, 7) is 1.64. The molecule has 0 radical (unpaired) electrons. The van der Waals surface area contributed by atoms with Crippen LogP contribution in [-0.2, 0) is 0 Å². The van der Waals surface area contributed by atoms with Gasteiger partial charge in [-0.05, 0) is 24.3 Å². The Labute approximate surface area is 165 Å². The molecule has 29 heavy (non-hydrogen) atoms. The lowest BCUT2D eigenvalue weighted by Crippen LogP contribution is -2.56. The fourth-order valence-electron chi connectivity index (χ4n) is 3.83. The van der Waals surface area contributed by atoms with Crippen LogP contribution >= 0.6 is 0 Å². The number of fused-ring (bicyclic) bond motifs is 2. The highest BCUT2D eigenvalue weighted by Crippen LogP contribution is 2.31. The van der Waals surface area contributed by atoms with Crippen LogP contribution in [0.5, 0.6) is 0 Å². The molecule has 6 rings (SSSR count). The summed E-state index contributed by atoms with van der Waals surface area (Å²) in [4.78, 5) is 18.9. The molecular weight excluding hydrogens is 364 g/mol. The standard InChI is InChI=1S/C21H18N8/c22-14-10-29(11-14)20-9-24-8-19(26-20)12-1-2-17-15(5-12)21(28-27-17)18-6-13-7-23-4-3-16(13)25-18/h1-9,14,25H,10-11,22H2,(H,27,28). The highest BCUT2D eigenvalue weighted by Gasteiger charge is 2.24. The van der Waals surface area contributed by atoms with E-state index in [1.165, 1.54) is 0 Å². The number of aromatic amines is 2. The van der Waals surface area contributed by atoms with Crippen LogP contribution in [-0.4, -0.2) is 49.3 Å². The van der Waals surface area contributed by atoms with E-state index in [1.54, 1.807) is 18.6 Å². The van der Waals surface area contributed by atoms with E-state index in [1.807, 2.05) is 24.4 Å². The van der Waals surface area contributed by atoms with Crippen LogP contribution in [0.15, 0.2) is 55.1 Å². The first kappa shape index (κ1) is 16.2. The predicted molar refractivity (Wildman–Crippen MR) is 112 cm³/mol. The van der Waals surface area contributed by atoms with Crippen LogP contribution in [0.1, 0.15) is 0 Å². The minimum absolute atomic E-state index is 0.219. The molecule has 1 saturated heterocycles. The van der Waals surface area contributed by atoms with E-state index in [9.17, 15) is 0 Å². The van der Waals surface area contributed by atoms with Crippen LogP contribution in [0.2, 0.25) is 0 Å². The first-order chi connectivity index (χ1) is 14.2. The van der Waals surface area contributed by atoms with Crippen molar-refractivity contribution in [1.29, 1.82) is 0 Å². The molecule has 1 aromatic carbocycles. The number of nitrogens with two attached hydrogens (primary N) is 1. The van der Waals surface area contributed by atoms with Gasteiger partial charge in [0.2, 0.25) is 0 Å². The summed E-state index contributed by atoms with van der Waals surface area (Å²) in [7, 11) is 0. The summed E-state index contributed by atoms with van der Waals surface area (Å²) in [5.41, 5.74) is 11.6. The molecule has 4 aromatic heterocycles. The average molecular weight is 382 g/mol. The molecule has 5 heterocycles. The number of hydrogen-bond donors (Lipinski definition) is 3. The van der Waals surface area contributed by atoms with E-state index in [0.717, 1.165) is 63.4 Å². The fraction of sp³-hybridized carbons (Fsp3) is 0.143. The first-order valence-electron chi connectivity index (χ1n) is 9.49. The molecule has 1 fully saturated rings. The molecule has 1 aliphatic rings. The summed E-state index contributed by atoms with van der Waals surface area (Å²) < 4.78 is 0. The Bertz CT molecular complexity index is 1310. The maximum atomic E-state index is 5.90. The summed E-state index contributed by atoms with van der Waals surface area (Å²) in [6.07, 6.45) is 7.20. The van der Waals surface area contributed by atoms with E-state index in [2.05, 4.69) is 42.2 Å². The Morgan fingerprint density at radius 1 is 1.00 bits per heavy atom. The molecule has 4 N–H and O–H groups in total. The van der Waals surface area contributed by atoms with E-state index >= 15 is 0 Å². The maximum absolute atomic E-state index is 5.90. The highest BCUT2D eigenvalue weighted by molar-refractivity contribution is 5.97. The highest BCUT2D eigenvalue weighted by atomic mass is 15.3. The average Bonchev–Trinajstić information content (AvgIpc) is 3.34. The molecule has 0 unspecified atom stereocenters. The molecule has 0 atom stereocenters. The number of nitrogens with one attached hydrogen (secondary N) is 2. The van der Waals surface area contributed by atoms with Gasteiger partial charge in [0.15, 0.2) is 0 Å². The Hall–Kier alpha value is -3.78. The van der Waals surface area contributed by atoms with Crippen LogP contribution in [0.4, 0.5) is 5.82 Å². The van der Waals surface area contributed by atoms with Crippen molar-refractivity contribution in [2.24, 2.45) is 5.73 Å². The summed E-state index contributed by atoms with van der Waals surface area (Å²) >= 11 is 0. The normalized spacial score (nSPS) is 14.6. The minimum atomic E-state index is 0.219. The second kappa shape index (κ2) is 6.11. The molecule has 0 saturated carbocycles. The van der Waals surface area contributed by atoms with Crippen molar-refractivity contribution >= 4 is 27.6 Å². The largest absolute Gasteiger partial charge is 0.353 e. The van der Waals surface area contributed by atoms with Gasteiger partial charge in [0.05, 0.1) is 29.3 Å². The number of H-pyrrole nitrogens is 2. The quantitative estimate of drug-likeness (QED) is 0.442. The topological polar surface area (TPSA) is 112 Å². The summed E-state index contributed by atoms with van der Waals surface area (Å²) in [5, 5.41) is 9.74. The Morgan fingerprint density at radius 3 is 2.79 bits per heavy atom. The van der Waals surface area contributed by atoms with Crippen molar-refractivity contribution in [3.05, 3.63) is 55.1 Å². The number of hydrogen-bond acceptors (Lipinski definition) is 6. The van der Waals surface area contributed by atoms with E-state index < -0.39 is 0 Å². The second-order valence-electron chi connectivity index (χ2n) is 7.41. The van der Waals surface area contributed by atoms with E-state index in [0.29, 0.717) is 0 Å². The molecule has 8 heteroatoms. The van der Waals surface area contributed by atoms with Gasteiger partial charge in [-0.1, -0.05) is 6.07 Å².